The Morgan fingerprint density at radius 2 is 1.65 bits per heavy atom. The van der Waals surface area contributed by atoms with E-state index in [0.717, 1.165) is 5.56 Å². The van der Waals surface area contributed by atoms with Crippen LogP contribution in [0.5, 0.6) is 5.75 Å². The lowest BCUT2D eigenvalue weighted by molar-refractivity contribution is -0.140. The van der Waals surface area contributed by atoms with Crippen molar-refractivity contribution in [1.29, 1.82) is 0 Å². The van der Waals surface area contributed by atoms with E-state index in [2.05, 4.69) is 0 Å². The van der Waals surface area contributed by atoms with Gasteiger partial charge in [0.1, 0.15) is 17.5 Å². The predicted octanol–water partition coefficient (Wildman–Crippen LogP) is 4.44. The smallest absolute Gasteiger partial charge is 0.313 e. The lowest BCUT2D eigenvalue weighted by Gasteiger charge is -2.41. The predicted molar refractivity (Wildman–Crippen MR) is 114 cm³/mol. The zero-order valence-electron chi connectivity index (χ0n) is 17.0. The number of halogens is 1. The van der Waals surface area contributed by atoms with Crippen LogP contribution >= 0.6 is 0 Å². The molecule has 1 heterocycles. The molecule has 2 unspecified atom stereocenters. The Hall–Kier alpha value is -3.67. The number of para-hydroxylation sites is 1. The summed E-state index contributed by atoms with van der Waals surface area (Å²) in [6, 6.07) is 19.4. The summed E-state index contributed by atoms with van der Waals surface area (Å²) >= 11 is 0. The molecule has 31 heavy (non-hydrogen) atoms. The highest BCUT2D eigenvalue weighted by atomic mass is 19.1. The number of nitrogens with zero attached hydrogens (tertiary/aromatic N) is 1. The van der Waals surface area contributed by atoms with Crippen LogP contribution in [-0.2, 0) is 11.2 Å². The summed E-state index contributed by atoms with van der Waals surface area (Å²) in [7, 11) is 1.52. The normalized spacial score (nSPS) is 17.9. The van der Waals surface area contributed by atoms with Crippen molar-refractivity contribution in [2.24, 2.45) is 0 Å². The van der Waals surface area contributed by atoms with Gasteiger partial charge in [0.25, 0.3) is 5.91 Å². The molecule has 2 atom stereocenters. The molecule has 0 saturated carbocycles. The first-order chi connectivity index (χ1) is 15.0. The number of rotatable bonds is 6. The number of amides is 1. The molecule has 0 fully saturated rings. The van der Waals surface area contributed by atoms with E-state index in [0.29, 0.717) is 28.9 Å². The van der Waals surface area contributed by atoms with Crippen LogP contribution in [0.1, 0.15) is 39.0 Å². The molecule has 1 aliphatic rings. The second-order valence-corrected chi connectivity index (χ2v) is 7.46. The van der Waals surface area contributed by atoms with Crippen molar-refractivity contribution in [2.75, 3.05) is 13.7 Å². The van der Waals surface area contributed by atoms with Crippen molar-refractivity contribution in [2.45, 2.75) is 18.4 Å². The van der Waals surface area contributed by atoms with Gasteiger partial charge in [-0.05, 0) is 41.8 Å². The summed E-state index contributed by atoms with van der Waals surface area (Å²) in [4.78, 5) is 27.5. The Bertz CT molecular complexity index is 1110. The van der Waals surface area contributed by atoms with Crippen molar-refractivity contribution < 1.29 is 23.8 Å². The molecule has 5 nitrogen and oxygen atoms in total. The maximum Gasteiger partial charge on any atom is 0.313 e. The Morgan fingerprint density at radius 3 is 2.32 bits per heavy atom. The van der Waals surface area contributed by atoms with Crippen LogP contribution in [0, 0.1) is 5.82 Å². The number of aliphatic carboxylic acids is 1. The molecule has 3 aromatic carbocycles. The first-order valence-electron chi connectivity index (χ1n) is 10.0. The number of carbonyl (C=O) groups excluding carboxylic acids is 1. The van der Waals surface area contributed by atoms with Crippen LogP contribution in [0.25, 0.3) is 0 Å². The average Bonchev–Trinajstić information content (AvgIpc) is 2.79. The third-order valence-corrected chi connectivity index (χ3v) is 5.72. The van der Waals surface area contributed by atoms with Gasteiger partial charge in [-0.25, -0.2) is 4.39 Å². The number of hydrogen-bond donors (Lipinski definition) is 1. The van der Waals surface area contributed by atoms with Gasteiger partial charge in [-0.1, -0.05) is 48.5 Å². The van der Waals surface area contributed by atoms with E-state index >= 15 is 0 Å². The van der Waals surface area contributed by atoms with Crippen LogP contribution in [-0.4, -0.2) is 35.5 Å². The molecular weight excluding hydrogens is 397 g/mol. The maximum absolute atomic E-state index is 13.5. The van der Waals surface area contributed by atoms with E-state index in [-0.39, 0.29) is 18.3 Å². The second kappa shape index (κ2) is 8.60. The van der Waals surface area contributed by atoms with Crippen molar-refractivity contribution in [1.82, 2.24) is 4.90 Å². The number of carboxylic acid groups (broad SMARTS) is 1. The zero-order valence-corrected chi connectivity index (χ0v) is 17.0. The molecule has 4 rings (SSSR count). The molecular formula is C25H22FNO4. The van der Waals surface area contributed by atoms with Gasteiger partial charge in [-0.2, -0.15) is 0 Å². The van der Waals surface area contributed by atoms with Crippen molar-refractivity contribution in [3.8, 4) is 5.75 Å². The van der Waals surface area contributed by atoms with E-state index in [1.54, 1.807) is 65.6 Å². The van der Waals surface area contributed by atoms with E-state index in [9.17, 15) is 19.1 Å². The Balaban J connectivity index is 1.81. The van der Waals surface area contributed by atoms with Gasteiger partial charge in [0.2, 0.25) is 0 Å². The summed E-state index contributed by atoms with van der Waals surface area (Å²) in [5.74, 6) is -1.99. The van der Waals surface area contributed by atoms with Crippen molar-refractivity contribution in [3.05, 3.63) is 101 Å². The summed E-state index contributed by atoms with van der Waals surface area (Å²) < 4.78 is 18.8. The van der Waals surface area contributed by atoms with Crippen LogP contribution < -0.4 is 4.74 Å². The van der Waals surface area contributed by atoms with E-state index in [1.807, 2.05) is 0 Å². The molecule has 1 N–H and O–H groups in total. The summed E-state index contributed by atoms with van der Waals surface area (Å²) in [6.07, 6.45) is 0.464. The minimum Gasteiger partial charge on any atom is -0.496 e. The van der Waals surface area contributed by atoms with Crippen molar-refractivity contribution in [3.63, 3.8) is 0 Å². The lowest BCUT2D eigenvalue weighted by atomic mass is 9.79. The molecule has 6 heteroatoms. The minimum absolute atomic E-state index is 0.230. The zero-order chi connectivity index (χ0) is 22.0. The number of benzene rings is 3. The number of ether oxygens (including phenoxy) is 1. The number of fused-ring (bicyclic) bond motifs is 1. The molecule has 0 aliphatic carbocycles. The largest absolute Gasteiger partial charge is 0.496 e. The third kappa shape index (κ3) is 3.89. The third-order valence-electron chi connectivity index (χ3n) is 5.72. The van der Waals surface area contributed by atoms with E-state index in [1.165, 1.54) is 19.2 Å². The molecule has 0 aromatic heterocycles. The van der Waals surface area contributed by atoms with Crippen LogP contribution in [0.3, 0.4) is 0 Å². The fourth-order valence-electron chi connectivity index (χ4n) is 4.26. The van der Waals surface area contributed by atoms with E-state index < -0.39 is 17.9 Å². The minimum atomic E-state index is -1.01. The van der Waals surface area contributed by atoms with E-state index in [4.69, 9.17) is 4.74 Å². The van der Waals surface area contributed by atoms with Crippen molar-refractivity contribution >= 4 is 11.9 Å². The fourth-order valence-corrected chi connectivity index (χ4v) is 4.26. The van der Waals surface area contributed by atoms with Crippen LogP contribution in [0.2, 0.25) is 0 Å². The Morgan fingerprint density at radius 1 is 1.00 bits per heavy atom. The first kappa shape index (κ1) is 20.6. The standard InChI is InChI=1S/C25H22FNO4/c1-31-21-9-5-4-8-20(21)23-22(25(29)30)18-6-2-3-7-19(18)24(28)27(23)15-14-16-10-12-17(26)13-11-16/h2-13,22-23H,14-15H2,1H3,(H,29,30). The highest BCUT2D eigenvalue weighted by Gasteiger charge is 2.45. The molecule has 3 aromatic rings. The molecule has 1 aliphatic heterocycles. The topological polar surface area (TPSA) is 66.8 Å². The summed E-state index contributed by atoms with van der Waals surface area (Å²) in [6.45, 7) is 0.283. The van der Waals surface area contributed by atoms with Gasteiger partial charge in [-0.3, -0.25) is 9.59 Å². The van der Waals surface area contributed by atoms with Gasteiger partial charge in [-0.15, -0.1) is 0 Å². The molecule has 1 amide bonds. The average molecular weight is 419 g/mol. The maximum atomic E-state index is 13.5. The Labute approximate surface area is 179 Å². The van der Waals surface area contributed by atoms with Gasteiger partial charge in [0.05, 0.1) is 13.2 Å². The number of carbonyl (C=O) groups is 2. The SMILES string of the molecule is COc1ccccc1C1C(C(=O)O)c2ccccc2C(=O)N1CCc1ccc(F)cc1. The summed E-state index contributed by atoms with van der Waals surface area (Å²) in [5, 5.41) is 10.2. The van der Waals surface area contributed by atoms with Gasteiger partial charge >= 0.3 is 5.97 Å². The van der Waals surface area contributed by atoms with Gasteiger partial charge in [0, 0.05) is 17.7 Å². The lowest BCUT2D eigenvalue weighted by Crippen LogP contribution is -2.45. The molecule has 0 radical (unpaired) electrons. The Kier molecular flexibility index (Phi) is 5.71. The molecule has 0 saturated heterocycles. The quantitative estimate of drug-likeness (QED) is 0.641. The number of carboxylic acids is 1. The van der Waals surface area contributed by atoms with Crippen LogP contribution in [0.4, 0.5) is 4.39 Å². The number of hydrogen-bond acceptors (Lipinski definition) is 3. The summed E-state index contributed by atoms with van der Waals surface area (Å²) in [5.41, 5.74) is 2.38. The van der Waals surface area contributed by atoms with Gasteiger partial charge < -0.3 is 14.7 Å². The molecule has 0 spiro atoms. The second-order valence-electron chi connectivity index (χ2n) is 7.46. The highest BCUT2D eigenvalue weighted by Crippen LogP contribution is 2.45. The fraction of sp³-hybridized carbons (Fsp3) is 0.200. The van der Waals surface area contributed by atoms with Gasteiger partial charge in [0.15, 0.2) is 0 Å². The number of methoxy groups -OCH3 is 1. The molecule has 158 valence electrons. The monoisotopic (exact) mass is 419 g/mol. The molecule has 0 bridgehead atoms. The van der Waals surface area contributed by atoms with Crippen LogP contribution in [0.15, 0.2) is 72.8 Å². The first-order valence-corrected chi connectivity index (χ1v) is 10.0. The highest BCUT2D eigenvalue weighted by molar-refractivity contribution is 6.00.